The monoisotopic (exact) mass is 238 g/mol. The maximum Gasteiger partial charge on any atom is 0.286 e. The predicted octanol–water partition coefficient (Wildman–Crippen LogP) is 2.31. The molecule has 0 aliphatic carbocycles. The molecule has 1 aromatic rings. The number of nitrogens with one attached hydrogen (secondary N) is 1. The lowest BCUT2D eigenvalue weighted by molar-refractivity contribution is 0.0925. The van der Waals surface area contributed by atoms with Gasteiger partial charge in [0.1, 0.15) is 0 Å². The van der Waals surface area contributed by atoms with E-state index in [1.54, 1.807) is 12.1 Å². The van der Waals surface area contributed by atoms with Crippen molar-refractivity contribution < 1.29 is 9.21 Å². The van der Waals surface area contributed by atoms with Gasteiger partial charge in [-0.05, 0) is 31.5 Å². The van der Waals surface area contributed by atoms with Gasteiger partial charge in [0.15, 0.2) is 5.76 Å². The quantitative estimate of drug-likeness (QED) is 0.649. The van der Waals surface area contributed by atoms with Gasteiger partial charge in [0.25, 0.3) is 5.91 Å². The summed E-state index contributed by atoms with van der Waals surface area (Å²) in [5.74, 6) is 0.256. The molecule has 0 fully saturated rings. The van der Waals surface area contributed by atoms with Crippen molar-refractivity contribution >= 4 is 5.91 Å². The van der Waals surface area contributed by atoms with Gasteiger partial charge >= 0.3 is 0 Å². The molecule has 4 heteroatoms. The molecule has 1 rings (SSSR count). The van der Waals surface area contributed by atoms with Gasteiger partial charge < -0.3 is 15.5 Å². The second-order valence-electron chi connectivity index (χ2n) is 4.14. The molecule has 0 saturated heterocycles. The van der Waals surface area contributed by atoms with Gasteiger partial charge in [-0.15, -0.1) is 0 Å². The standard InChI is InChI=1S/C13H22N2O2/c14-9-5-3-1-2-4-6-10-15-13(16)12-8-7-11-17-12/h7-8,11H,1-6,9-10,14H2,(H,15,16). The van der Waals surface area contributed by atoms with Crippen molar-refractivity contribution in [2.45, 2.75) is 38.5 Å². The van der Waals surface area contributed by atoms with E-state index in [-0.39, 0.29) is 5.91 Å². The average molecular weight is 238 g/mol. The van der Waals surface area contributed by atoms with E-state index < -0.39 is 0 Å². The van der Waals surface area contributed by atoms with Crippen molar-refractivity contribution in [3.8, 4) is 0 Å². The molecular weight excluding hydrogens is 216 g/mol. The second kappa shape index (κ2) is 8.82. The molecule has 4 nitrogen and oxygen atoms in total. The van der Waals surface area contributed by atoms with Crippen LogP contribution in [0.5, 0.6) is 0 Å². The molecule has 0 radical (unpaired) electrons. The normalized spacial score (nSPS) is 10.4. The SMILES string of the molecule is NCCCCCCCCNC(=O)c1ccco1. The molecule has 0 atom stereocenters. The minimum atomic E-state index is -0.127. The zero-order valence-corrected chi connectivity index (χ0v) is 10.3. The first-order valence-corrected chi connectivity index (χ1v) is 6.36. The number of carbonyl (C=O) groups is 1. The zero-order valence-electron chi connectivity index (χ0n) is 10.3. The van der Waals surface area contributed by atoms with Crippen molar-refractivity contribution in [1.29, 1.82) is 0 Å². The van der Waals surface area contributed by atoms with Crippen LogP contribution in [0.15, 0.2) is 22.8 Å². The number of furan rings is 1. The summed E-state index contributed by atoms with van der Waals surface area (Å²) in [6, 6.07) is 3.38. The second-order valence-corrected chi connectivity index (χ2v) is 4.14. The number of carbonyl (C=O) groups excluding carboxylic acids is 1. The largest absolute Gasteiger partial charge is 0.459 e. The van der Waals surface area contributed by atoms with Crippen LogP contribution < -0.4 is 11.1 Å². The van der Waals surface area contributed by atoms with Crippen LogP contribution in [0.4, 0.5) is 0 Å². The van der Waals surface area contributed by atoms with E-state index in [2.05, 4.69) is 5.32 Å². The summed E-state index contributed by atoms with van der Waals surface area (Å²) in [6.45, 7) is 1.51. The molecule has 0 aliphatic heterocycles. The predicted molar refractivity (Wildman–Crippen MR) is 67.8 cm³/mol. The van der Waals surface area contributed by atoms with Gasteiger partial charge in [-0.1, -0.05) is 25.7 Å². The summed E-state index contributed by atoms with van der Waals surface area (Å²) in [5.41, 5.74) is 5.41. The molecule has 1 heterocycles. The van der Waals surface area contributed by atoms with Crippen LogP contribution in [-0.2, 0) is 0 Å². The highest BCUT2D eigenvalue weighted by atomic mass is 16.3. The molecule has 0 saturated carbocycles. The van der Waals surface area contributed by atoms with Crippen LogP contribution in [0.3, 0.4) is 0 Å². The number of amides is 1. The van der Waals surface area contributed by atoms with Crippen LogP contribution in [0, 0.1) is 0 Å². The number of hydrogen-bond acceptors (Lipinski definition) is 3. The van der Waals surface area contributed by atoms with Gasteiger partial charge in [-0.25, -0.2) is 0 Å². The first-order valence-electron chi connectivity index (χ1n) is 6.36. The lowest BCUT2D eigenvalue weighted by atomic mass is 10.1. The van der Waals surface area contributed by atoms with E-state index >= 15 is 0 Å². The van der Waals surface area contributed by atoms with E-state index in [1.165, 1.54) is 25.5 Å². The molecule has 0 spiro atoms. The summed E-state index contributed by atoms with van der Waals surface area (Å²) in [5, 5.41) is 2.83. The summed E-state index contributed by atoms with van der Waals surface area (Å²) >= 11 is 0. The first kappa shape index (κ1) is 13.8. The molecule has 0 aromatic carbocycles. The maximum atomic E-state index is 11.5. The van der Waals surface area contributed by atoms with E-state index in [9.17, 15) is 4.79 Å². The molecule has 96 valence electrons. The van der Waals surface area contributed by atoms with Crippen molar-refractivity contribution in [2.24, 2.45) is 5.73 Å². The van der Waals surface area contributed by atoms with Gasteiger partial charge in [0.2, 0.25) is 0 Å². The highest BCUT2D eigenvalue weighted by molar-refractivity contribution is 5.91. The van der Waals surface area contributed by atoms with Crippen LogP contribution in [0.1, 0.15) is 49.1 Å². The van der Waals surface area contributed by atoms with Crippen molar-refractivity contribution in [2.75, 3.05) is 13.1 Å². The van der Waals surface area contributed by atoms with Gasteiger partial charge in [0.05, 0.1) is 6.26 Å². The molecule has 1 aromatic heterocycles. The van der Waals surface area contributed by atoms with Crippen molar-refractivity contribution in [3.05, 3.63) is 24.2 Å². The maximum absolute atomic E-state index is 11.5. The molecule has 0 bridgehead atoms. The molecule has 0 aliphatic rings. The Morgan fingerprint density at radius 1 is 1.18 bits per heavy atom. The fraction of sp³-hybridized carbons (Fsp3) is 0.615. The van der Waals surface area contributed by atoms with E-state index in [0.29, 0.717) is 5.76 Å². The first-order chi connectivity index (χ1) is 8.34. The van der Waals surface area contributed by atoms with Gasteiger partial charge in [0, 0.05) is 6.54 Å². The summed E-state index contributed by atoms with van der Waals surface area (Å²) in [7, 11) is 0. The summed E-state index contributed by atoms with van der Waals surface area (Å²) in [4.78, 5) is 11.5. The Labute approximate surface area is 103 Å². The van der Waals surface area contributed by atoms with Crippen molar-refractivity contribution in [3.63, 3.8) is 0 Å². The number of hydrogen-bond donors (Lipinski definition) is 2. The van der Waals surface area contributed by atoms with Gasteiger partial charge in [-0.3, -0.25) is 4.79 Å². The Kier molecular flexibility index (Phi) is 7.14. The lowest BCUT2D eigenvalue weighted by Gasteiger charge is -2.03. The molecule has 3 N–H and O–H groups in total. The molecule has 17 heavy (non-hydrogen) atoms. The molecule has 1 amide bonds. The van der Waals surface area contributed by atoms with E-state index in [0.717, 1.165) is 32.4 Å². The smallest absolute Gasteiger partial charge is 0.286 e. The Morgan fingerprint density at radius 3 is 2.53 bits per heavy atom. The average Bonchev–Trinajstić information content (AvgIpc) is 2.86. The fourth-order valence-corrected chi connectivity index (χ4v) is 1.67. The minimum absolute atomic E-state index is 0.127. The topological polar surface area (TPSA) is 68.3 Å². The number of rotatable bonds is 9. The summed E-state index contributed by atoms with van der Waals surface area (Å²) in [6.07, 6.45) is 8.48. The van der Waals surface area contributed by atoms with Crippen LogP contribution in [0.25, 0.3) is 0 Å². The zero-order chi connectivity index (χ0) is 12.3. The van der Waals surface area contributed by atoms with Crippen LogP contribution >= 0.6 is 0 Å². The minimum Gasteiger partial charge on any atom is -0.459 e. The number of nitrogens with two attached hydrogens (primary N) is 1. The third kappa shape index (κ3) is 6.12. The summed E-state index contributed by atoms with van der Waals surface area (Å²) < 4.78 is 4.99. The lowest BCUT2D eigenvalue weighted by Crippen LogP contribution is -2.23. The third-order valence-corrected chi connectivity index (χ3v) is 2.66. The Hall–Kier alpha value is -1.29. The third-order valence-electron chi connectivity index (χ3n) is 2.66. The van der Waals surface area contributed by atoms with Crippen LogP contribution in [-0.4, -0.2) is 19.0 Å². The highest BCUT2D eigenvalue weighted by Crippen LogP contribution is 2.04. The number of unbranched alkanes of at least 4 members (excludes halogenated alkanes) is 5. The molecule has 0 unspecified atom stereocenters. The van der Waals surface area contributed by atoms with Gasteiger partial charge in [-0.2, -0.15) is 0 Å². The van der Waals surface area contributed by atoms with E-state index in [1.807, 2.05) is 0 Å². The van der Waals surface area contributed by atoms with Crippen LogP contribution in [0.2, 0.25) is 0 Å². The van der Waals surface area contributed by atoms with Crippen molar-refractivity contribution in [1.82, 2.24) is 5.32 Å². The Morgan fingerprint density at radius 2 is 1.88 bits per heavy atom. The highest BCUT2D eigenvalue weighted by Gasteiger charge is 2.06. The van der Waals surface area contributed by atoms with E-state index in [4.69, 9.17) is 10.2 Å². The Balaban J connectivity index is 1.92. The Bertz CT molecular complexity index is 296. The fourth-order valence-electron chi connectivity index (χ4n) is 1.67. The molecular formula is C13H22N2O2.